The summed E-state index contributed by atoms with van der Waals surface area (Å²) in [4.78, 5) is 0.231. The Bertz CT molecular complexity index is 271. The first-order valence-electron chi connectivity index (χ1n) is 4.80. The molecule has 14 heavy (non-hydrogen) atoms. The fraction of sp³-hybridized carbons (Fsp3) is 0.333. The van der Waals surface area contributed by atoms with Crippen LogP contribution in [0.4, 0.5) is 0 Å². The minimum atomic E-state index is -0.243. The van der Waals surface area contributed by atoms with Crippen LogP contribution in [0.25, 0.3) is 0 Å². The average Bonchev–Trinajstić information content (AvgIpc) is 2.26. The van der Waals surface area contributed by atoms with E-state index in [9.17, 15) is 5.11 Å². The number of aliphatic hydroxyl groups excluding tert-OH is 1. The van der Waals surface area contributed by atoms with Crippen molar-refractivity contribution in [3.05, 3.63) is 43.0 Å². The maximum atomic E-state index is 9.72. The quantitative estimate of drug-likeness (QED) is 0.628. The van der Waals surface area contributed by atoms with Crippen LogP contribution in [0.3, 0.4) is 0 Å². The Kier molecular flexibility index (Phi) is 4.95. The van der Waals surface area contributed by atoms with Crippen LogP contribution < -0.4 is 4.46 Å². The Balaban J connectivity index is 2.61. The average molecular weight is 255 g/mol. The van der Waals surface area contributed by atoms with Gasteiger partial charge in [-0.3, -0.25) is 0 Å². The predicted molar refractivity (Wildman–Crippen MR) is 62.1 cm³/mol. The predicted octanol–water partition coefficient (Wildman–Crippen LogP) is 1.76. The summed E-state index contributed by atoms with van der Waals surface area (Å²) in [6.45, 7) is 5.78. The van der Waals surface area contributed by atoms with Crippen molar-refractivity contribution in [3.63, 3.8) is 0 Å². The molecule has 0 aliphatic carbocycles. The number of hydrogen-bond acceptors (Lipinski definition) is 1. The monoisotopic (exact) mass is 256 g/mol. The Morgan fingerprint density at radius 3 is 2.57 bits per heavy atom. The Labute approximate surface area is 92.0 Å². The molecule has 0 spiro atoms. The van der Waals surface area contributed by atoms with Crippen molar-refractivity contribution >= 4 is 19.4 Å². The van der Waals surface area contributed by atoms with Crippen LogP contribution in [0.15, 0.2) is 43.0 Å². The van der Waals surface area contributed by atoms with Crippen molar-refractivity contribution in [3.8, 4) is 0 Å². The van der Waals surface area contributed by atoms with Crippen LogP contribution in [0.1, 0.15) is 13.3 Å². The zero-order valence-electron chi connectivity index (χ0n) is 8.39. The molecule has 2 heteroatoms. The summed E-state index contributed by atoms with van der Waals surface area (Å²) in [6, 6.07) is 10.3. The van der Waals surface area contributed by atoms with E-state index in [0.29, 0.717) is 15.0 Å². The summed E-state index contributed by atoms with van der Waals surface area (Å²) in [5.74, 6) is 0. The summed E-state index contributed by atoms with van der Waals surface area (Å²) in [7, 11) is 0. The second-order valence-electron chi connectivity index (χ2n) is 3.11. The van der Waals surface area contributed by atoms with Gasteiger partial charge >= 0.3 is 91.8 Å². The summed E-state index contributed by atoms with van der Waals surface area (Å²) in [5.41, 5.74) is 0. The van der Waals surface area contributed by atoms with Gasteiger partial charge in [-0.1, -0.05) is 0 Å². The second-order valence-corrected chi connectivity index (χ2v) is 5.73. The van der Waals surface area contributed by atoms with E-state index in [1.807, 2.05) is 31.2 Å². The molecule has 0 fully saturated rings. The molecule has 1 rings (SSSR count). The zero-order chi connectivity index (χ0) is 10.4. The molecule has 76 valence electrons. The Hall–Kier alpha value is -0.561. The van der Waals surface area contributed by atoms with Crippen molar-refractivity contribution in [2.24, 2.45) is 0 Å². The third kappa shape index (κ3) is 3.30. The molecule has 1 N–H and O–H groups in total. The third-order valence-electron chi connectivity index (χ3n) is 2.05. The number of aliphatic hydroxyl groups is 1. The van der Waals surface area contributed by atoms with Crippen LogP contribution in [-0.4, -0.2) is 26.2 Å². The summed E-state index contributed by atoms with van der Waals surface area (Å²) in [5, 5.41) is 9.72. The van der Waals surface area contributed by atoms with E-state index in [-0.39, 0.29) is 10.9 Å². The van der Waals surface area contributed by atoms with Gasteiger partial charge in [0.05, 0.1) is 0 Å². The molecule has 0 radical (unpaired) electrons. The molecule has 0 saturated carbocycles. The van der Waals surface area contributed by atoms with E-state index < -0.39 is 0 Å². The number of hydrogen-bond donors (Lipinski definition) is 1. The van der Waals surface area contributed by atoms with E-state index in [0.717, 1.165) is 6.42 Å². The van der Waals surface area contributed by atoms with E-state index in [1.165, 1.54) is 4.46 Å². The van der Waals surface area contributed by atoms with Crippen LogP contribution in [0.2, 0.25) is 4.82 Å². The van der Waals surface area contributed by atoms with Crippen molar-refractivity contribution in [2.45, 2.75) is 24.3 Å². The standard InChI is InChI=1S/C12H16OSe/c1-3-11(13)12(4-2)14-10-8-6-5-7-9-10/h4-9,11-13H,2-3H2,1H3. The molecule has 0 aliphatic heterocycles. The summed E-state index contributed by atoms with van der Waals surface area (Å²) < 4.78 is 1.32. The van der Waals surface area contributed by atoms with Crippen LogP contribution in [0.5, 0.6) is 0 Å². The van der Waals surface area contributed by atoms with Crippen LogP contribution in [-0.2, 0) is 0 Å². The molecule has 1 nitrogen and oxygen atoms in total. The number of rotatable bonds is 5. The van der Waals surface area contributed by atoms with Gasteiger partial charge in [-0.25, -0.2) is 0 Å². The van der Waals surface area contributed by atoms with Gasteiger partial charge in [-0.15, -0.1) is 0 Å². The SMILES string of the molecule is C=CC([Se]c1ccccc1)C(O)CC. The fourth-order valence-electron chi connectivity index (χ4n) is 1.17. The number of benzene rings is 1. The van der Waals surface area contributed by atoms with E-state index in [4.69, 9.17) is 0 Å². The van der Waals surface area contributed by atoms with Crippen LogP contribution >= 0.6 is 0 Å². The van der Waals surface area contributed by atoms with Gasteiger partial charge in [0.1, 0.15) is 0 Å². The second kappa shape index (κ2) is 6.02. The first-order chi connectivity index (χ1) is 6.77. The van der Waals surface area contributed by atoms with Crippen molar-refractivity contribution in [1.82, 2.24) is 0 Å². The Morgan fingerprint density at radius 2 is 2.07 bits per heavy atom. The van der Waals surface area contributed by atoms with Crippen molar-refractivity contribution in [2.75, 3.05) is 0 Å². The van der Waals surface area contributed by atoms with Gasteiger partial charge in [0.2, 0.25) is 0 Å². The first kappa shape index (κ1) is 11.5. The molecule has 1 aromatic rings. The maximum absolute atomic E-state index is 9.72. The molecule has 0 heterocycles. The molecule has 0 amide bonds. The molecule has 2 unspecified atom stereocenters. The minimum absolute atomic E-state index is 0.231. The molecular formula is C12H16OSe. The molecule has 2 atom stereocenters. The zero-order valence-corrected chi connectivity index (χ0v) is 10.1. The normalized spacial score (nSPS) is 14.7. The molecular weight excluding hydrogens is 239 g/mol. The summed E-state index contributed by atoms with van der Waals surface area (Å²) in [6.07, 6.45) is 2.43. The van der Waals surface area contributed by atoms with Gasteiger partial charge in [-0.2, -0.15) is 0 Å². The van der Waals surface area contributed by atoms with E-state index in [1.54, 1.807) is 0 Å². The van der Waals surface area contributed by atoms with Gasteiger partial charge in [0.25, 0.3) is 0 Å². The molecule has 1 aromatic carbocycles. The topological polar surface area (TPSA) is 20.2 Å². The van der Waals surface area contributed by atoms with E-state index >= 15 is 0 Å². The molecule has 0 aliphatic rings. The van der Waals surface area contributed by atoms with Gasteiger partial charge in [0.15, 0.2) is 0 Å². The fourth-order valence-corrected chi connectivity index (χ4v) is 3.43. The van der Waals surface area contributed by atoms with Gasteiger partial charge < -0.3 is 0 Å². The third-order valence-corrected chi connectivity index (χ3v) is 4.82. The van der Waals surface area contributed by atoms with Gasteiger partial charge in [0, 0.05) is 0 Å². The van der Waals surface area contributed by atoms with Crippen molar-refractivity contribution in [1.29, 1.82) is 0 Å². The summed E-state index contributed by atoms with van der Waals surface area (Å²) >= 11 is 0.290. The molecule has 0 saturated heterocycles. The molecule has 0 aromatic heterocycles. The Morgan fingerprint density at radius 1 is 1.43 bits per heavy atom. The van der Waals surface area contributed by atoms with Crippen molar-refractivity contribution < 1.29 is 5.11 Å². The van der Waals surface area contributed by atoms with E-state index in [2.05, 4.69) is 18.7 Å². The van der Waals surface area contributed by atoms with Crippen LogP contribution in [0, 0.1) is 0 Å². The van der Waals surface area contributed by atoms with Gasteiger partial charge in [-0.05, 0) is 0 Å². The molecule has 0 bridgehead atoms. The first-order valence-corrected chi connectivity index (χ1v) is 6.64.